The molecule has 1 aliphatic heterocycles. The summed E-state index contributed by atoms with van der Waals surface area (Å²) in [7, 11) is 0. The summed E-state index contributed by atoms with van der Waals surface area (Å²) in [5.41, 5.74) is 1.07. The Bertz CT molecular complexity index is 173. The quantitative estimate of drug-likeness (QED) is 0.601. The molecule has 1 heterocycles. The van der Waals surface area contributed by atoms with E-state index in [0.717, 1.165) is 18.8 Å². The fraction of sp³-hybridized carbons (Fsp3) is 0.625. The second kappa shape index (κ2) is 4.13. The van der Waals surface area contributed by atoms with E-state index < -0.39 is 0 Å². The number of hydrogen-bond acceptors (Lipinski definition) is 3. The lowest BCUT2D eigenvalue weighted by atomic mass is 10.2. The van der Waals surface area contributed by atoms with Gasteiger partial charge < -0.3 is 10.4 Å². The molecule has 0 aromatic carbocycles. The van der Waals surface area contributed by atoms with Crippen molar-refractivity contribution in [3.8, 4) is 0 Å². The van der Waals surface area contributed by atoms with Crippen LogP contribution in [-0.4, -0.2) is 30.5 Å². The molecule has 3 nitrogen and oxygen atoms in total. The largest absolute Gasteiger partial charge is 0.393 e. The van der Waals surface area contributed by atoms with Gasteiger partial charge in [-0.1, -0.05) is 0 Å². The Morgan fingerprint density at radius 1 is 1.82 bits per heavy atom. The summed E-state index contributed by atoms with van der Waals surface area (Å²) in [4.78, 5) is 4.08. The van der Waals surface area contributed by atoms with Gasteiger partial charge in [-0.3, -0.25) is 4.99 Å². The van der Waals surface area contributed by atoms with Gasteiger partial charge in [0.1, 0.15) is 0 Å². The monoisotopic (exact) mass is 154 g/mol. The number of aliphatic hydroxyl groups excluding tert-OH is 1. The summed E-state index contributed by atoms with van der Waals surface area (Å²) in [6.45, 7) is 3.47. The van der Waals surface area contributed by atoms with Crippen molar-refractivity contribution >= 4 is 6.21 Å². The summed E-state index contributed by atoms with van der Waals surface area (Å²) in [5.74, 6) is 0. The Kier molecular flexibility index (Phi) is 3.11. The molecule has 0 saturated carbocycles. The molecule has 62 valence electrons. The number of aliphatic imine (C=N–C) groups is 1. The first kappa shape index (κ1) is 8.27. The van der Waals surface area contributed by atoms with Crippen molar-refractivity contribution < 1.29 is 5.11 Å². The molecule has 0 spiro atoms. The van der Waals surface area contributed by atoms with Crippen molar-refractivity contribution in [1.82, 2.24) is 5.32 Å². The molecule has 1 aliphatic rings. The molecule has 0 aliphatic carbocycles. The Labute approximate surface area is 66.8 Å². The van der Waals surface area contributed by atoms with E-state index in [0.29, 0.717) is 6.42 Å². The highest BCUT2D eigenvalue weighted by atomic mass is 16.3. The van der Waals surface area contributed by atoms with Crippen LogP contribution in [-0.2, 0) is 0 Å². The molecule has 0 saturated heterocycles. The Morgan fingerprint density at radius 3 is 3.36 bits per heavy atom. The average Bonchev–Trinajstić information content (AvgIpc) is 2.14. The van der Waals surface area contributed by atoms with Crippen molar-refractivity contribution in [3.05, 3.63) is 11.8 Å². The zero-order chi connectivity index (χ0) is 8.10. The SMILES string of the molecule is CC(O)CC1=CC=NCCN1. The molecule has 1 atom stereocenters. The van der Waals surface area contributed by atoms with Crippen LogP contribution in [0.2, 0.25) is 0 Å². The third kappa shape index (κ3) is 3.18. The molecule has 11 heavy (non-hydrogen) atoms. The van der Waals surface area contributed by atoms with Crippen molar-refractivity contribution in [2.75, 3.05) is 13.1 Å². The Morgan fingerprint density at radius 2 is 2.64 bits per heavy atom. The number of aliphatic hydroxyl groups is 1. The minimum absolute atomic E-state index is 0.278. The van der Waals surface area contributed by atoms with E-state index in [1.165, 1.54) is 0 Å². The minimum atomic E-state index is -0.278. The van der Waals surface area contributed by atoms with Crippen molar-refractivity contribution in [1.29, 1.82) is 0 Å². The van der Waals surface area contributed by atoms with Gasteiger partial charge in [-0.25, -0.2) is 0 Å². The lowest BCUT2D eigenvalue weighted by molar-refractivity contribution is 0.193. The summed E-state index contributed by atoms with van der Waals surface area (Å²) in [6.07, 6.45) is 4.11. The van der Waals surface area contributed by atoms with E-state index in [9.17, 15) is 0 Å². The zero-order valence-corrected chi connectivity index (χ0v) is 6.75. The lowest BCUT2D eigenvalue weighted by Gasteiger charge is -2.09. The van der Waals surface area contributed by atoms with E-state index in [1.807, 2.05) is 6.08 Å². The zero-order valence-electron chi connectivity index (χ0n) is 6.75. The predicted octanol–water partition coefficient (Wildman–Crippen LogP) is 0.315. The molecule has 1 unspecified atom stereocenters. The number of nitrogens with one attached hydrogen (secondary N) is 1. The van der Waals surface area contributed by atoms with Crippen molar-refractivity contribution in [3.63, 3.8) is 0 Å². The fourth-order valence-corrected chi connectivity index (χ4v) is 1.02. The molecule has 3 heteroatoms. The van der Waals surface area contributed by atoms with Crippen LogP contribution in [0.15, 0.2) is 16.8 Å². The molecule has 0 amide bonds. The highest BCUT2D eigenvalue weighted by Crippen LogP contribution is 2.01. The summed E-state index contributed by atoms with van der Waals surface area (Å²) in [5, 5.41) is 12.3. The van der Waals surface area contributed by atoms with Gasteiger partial charge in [0.2, 0.25) is 0 Å². The van der Waals surface area contributed by atoms with Gasteiger partial charge in [-0.05, 0) is 13.0 Å². The van der Waals surface area contributed by atoms with Crippen LogP contribution in [0.1, 0.15) is 13.3 Å². The smallest absolute Gasteiger partial charge is 0.0566 e. The van der Waals surface area contributed by atoms with E-state index in [4.69, 9.17) is 5.11 Å². The molecule has 0 radical (unpaired) electrons. The first-order valence-electron chi connectivity index (χ1n) is 3.90. The van der Waals surface area contributed by atoms with Crippen molar-refractivity contribution in [2.45, 2.75) is 19.4 Å². The summed E-state index contributed by atoms with van der Waals surface area (Å²) < 4.78 is 0. The lowest BCUT2D eigenvalue weighted by Crippen LogP contribution is -2.18. The Balaban J connectivity index is 2.43. The van der Waals surface area contributed by atoms with Crippen LogP contribution in [0, 0.1) is 0 Å². The summed E-state index contributed by atoms with van der Waals surface area (Å²) >= 11 is 0. The number of nitrogens with zero attached hydrogens (tertiary/aromatic N) is 1. The highest BCUT2D eigenvalue weighted by Gasteiger charge is 2.01. The number of hydrogen-bond donors (Lipinski definition) is 2. The average molecular weight is 154 g/mol. The number of rotatable bonds is 2. The predicted molar refractivity (Wildman–Crippen MR) is 45.7 cm³/mol. The molecule has 0 bridgehead atoms. The second-order valence-corrected chi connectivity index (χ2v) is 2.73. The third-order valence-electron chi connectivity index (χ3n) is 1.49. The van der Waals surface area contributed by atoms with Gasteiger partial charge in [-0.2, -0.15) is 0 Å². The molecular weight excluding hydrogens is 140 g/mol. The van der Waals surface area contributed by atoms with Gasteiger partial charge in [0.25, 0.3) is 0 Å². The fourth-order valence-electron chi connectivity index (χ4n) is 1.02. The molecule has 1 rings (SSSR count). The van der Waals surface area contributed by atoms with Crippen LogP contribution in [0.4, 0.5) is 0 Å². The van der Waals surface area contributed by atoms with Gasteiger partial charge in [-0.15, -0.1) is 0 Å². The molecule has 0 aromatic heterocycles. The summed E-state index contributed by atoms with van der Waals surface area (Å²) in [6, 6.07) is 0. The molecule has 2 N–H and O–H groups in total. The van der Waals surface area contributed by atoms with E-state index in [1.54, 1.807) is 13.1 Å². The second-order valence-electron chi connectivity index (χ2n) is 2.73. The van der Waals surface area contributed by atoms with Crippen molar-refractivity contribution in [2.24, 2.45) is 4.99 Å². The van der Waals surface area contributed by atoms with Gasteiger partial charge in [0.05, 0.1) is 12.6 Å². The maximum atomic E-state index is 9.07. The first-order valence-corrected chi connectivity index (χ1v) is 3.90. The van der Waals surface area contributed by atoms with E-state index >= 15 is 0 Å². The highest BCUT2D eigenvalue weighted by molar-refractivity contribution is 5.72. The maximum absolute atomic E-state index is 9.07. The van der Waals surface area contributed by atoms with Crippen LogP contribution in [0.25, 0.3) is 0 Å². The minimum Gasteiger partial charge on any atom is -0.393 e. The topological polar surface area (TPSA) is 44.6 Å². The normalized spacial score (nSPS) is 20.0. The van der Waals surface area contributed by atoms with Crippen LogP contribution < -0.4 is 5.32 Å². The van der Waals surface area contributed by atoms with E-state index in [2.05, 4.69) is 10.3 Å². The molecule has 0 aromatic rings. The third-order valence-corrected chi connectivity index (χ3v) is 1.49. The van der Waals surface area contributed by atoms with Gasteiger partial charge in [0.15, 0.2) is 0 Å². The van der Waals surface area contributed by atoms with Gasteiger partial charge in [0, 0.05) is 24.9 Å². The van der Waals surface area contributed by atoms with Crippen LogP contribution in [0.5, 0.6) is 0 Å². The maximum Gasteiger partial charge on any atom is 0.0566 e. The number of allylic oxidation sites excluding steroid dienone is 1. The van der Waals surface area contributed by atoms with Crippen LogP contribution in [0.3, 0.4) is 0 Å². The van der Waals surface area contributed by atoms with Crippen LogP contribution >= 0.6 is 0 Å². The molecular formula is C8H14N2O. The van der Waals surface area contributed by atoms with E-state index in [-0.39, 0.29) is 6.10 Å². The molecule has 0 fully saturated rings. The standard InChI is InChI=1S/C8H14N2O/c1-7(11)6-8-2-3-9-4-5-10-8/h2-3,7,10-11H,4-6H2,1H3. The first-order chi connectivity index (χ1) is 5.29. The van der Waals surface area contributed by atoms with Gasteiger partial charge >= 0.3 is 0 Å². The Hall–Kier alpha value is -0.830.